The molecule has 0 aliphatic heterocycles. The first kappa shape index (κ1) is 13.5. The minimum Gasteiger partial charge on any atom is -0.478 e. The van der Waals surface area contributed by atoms with Crippen LogP contribution in [0, 0.1) is 17.7 Å². The van der Waals surface area contributed by atoms with E-state index in [4.69, 9.17) is 10.8 Å². The van der Waals surface area contributed by atoms with Crippen molar-refractivity contribution in [2.75, 3.05) is 0 Å². The molecule has 0 atom stereocenters. The summed E-state index contributed by atoms with van der Waals surface area (Å²) in [4.78, 5) is 20.8. The van der Waals surface area contributed by atoms with E-state index in [2.05, 4.69) is 11.8 Å². The van der Waals surface area contributed by atoms with E-state index in [-0.39, 0.29) is 12.0 Å². The molecule has 0 aliphatic carbocycles. The molecule has 1 aromatic carbocycles. The van der Waals surface area contributed by atoms with Crippen molar-refractivity contribution in [3.05, 3.63) is 41.2 Å². The predicted molar refractivity (Wildman–Crippen MR) is 63.8 cm³/mol. The highest BCUT2D eigenvalue weighted by atomic mass is 19.1. The van der Waals surface area contributed by atoms with Crippen LogP contribution in [-0.2, 0) is 9.59 Å². The molecule has 0 saturated carbocycles. The highest BCUT2D eigenvalue weighted by molar-refractivity contribution is 5.85. The molecule has 5 heteroatoms. The van der Waals surface area contributed by atoms with Gasteiger partial charge in [0.15, 0.2) is 0 Å². The molecule has 0 bridgehead atoms. The fraction of sp³-hybridized carbons (Fsp3) is 0.0769. The third-order valence-electron chi connectivity index (χ3n) is 1.90. The largest absolute Gasteiger partial charge is 0.478 e. The zero-order valence-electron chi connectivity index (χ0n) is 9.31. The van der Waals surface area contributed by atoms with Gasteiger partial charge < -0.3 is 10.8 Å². The van der Waals surface area contributed by atoms with Gasteiger partial charge in [-0.1, -0.05) is 11.8 Å². The van der Waals surface area contributed by atoms with Gasteiger partial charge in [0.25, 0.3) is 0 Å². The SMILES string of the molecule is NC(=O)CC#Cc1ccc(F)c(/C=C/C(=O)O)c1. The number of carboxylic acid groups (broad SMARTS) is 1. The van der Waals surface area contributed by atoms with E-state index in [1.165, 1.54) is 18.2 Å². The van der Waals surface area contributed by atoms with E-state index >= 15 is 0 Å². The van der Waals surface area contributed by atoms with Crippen molar-refractivity contribution in [2.45, 2.75) is 6.42 Å². The van der Waals surface area contributed by atoms with E-state index < -0.39 is 17.7 Å². The van der Waals surface area contributed by atoms with E-state index in [9.17, 15) is 14.0 Å². The van der Waals surface area contributed by atoms with Crippen LogP contribution in [0.4, 0.5) is 4.39 Å². The summed E-state index contributed by atoms with van der Waals surface area (Å²) in [7, 11) is 0. The summed E-state index contributed by atoms with van der Waals surface area (Å²) in [6, 6.07) is 4.00. The van der Waals surface area contributed by atoms with Gasteiger partial charge in [-0.2, -0.15) is 0 Å². The molecule has 0 radical (unpaired) electrons. The molecule has 3 N–H and O–H groups in total. The maximum absolute atomic E-state index is 13.3. The Hall–Kier alpha value is -2.61. The highest BCUT2D eigenvalue weighted by Crippen LogP contribution is 2.11. The van der Waals surface area contributed by atoms with E-state index in [1.54, 1.807) is 0 Å². The van der Waals surface area contributed by atoms with Crippen molar-refractivity contribution in [1.29, 1.82) is 0 Å². The lowest BCUT2D eigenvalue weighted by Crippen LogP contribution is -2.08. The third kappa shape index (κ3) is 4.49. The monoisotopic (exact) mass is 247 g/mol. The van der Waals surface area contributed by atoms with Crippen molar-refractivity contribution in [1.82, 2.24) is 0 Å². The predicted octanol–water partition coefficient (Wildman–Crippen LogP) is 1.15. The van der Waals surface area contributed by atoms with E-state index in [1.807, 2.05) is 0 Å². The Morgan fingerprint density at radius 3 is 2.78 bits per heavy atom. The summed E-state index contributed by atoms with van der Waals surface area (Å²) in [6.07, 6.45) is 1.88. The number of rotatable bonds is 3. The second kappa shape index (κ2) is 6.21. The number of nitrogens with two attached hydrogens (primary N) is 1. The molecule has 0 unspecified atom stereocenters. The summed E-state index contributed by atoms with van der Waals surface area (Å²) in [5.74, 6) is 2.90. The Kier molecular flexibility index (Phi) is 4.64. The van der Waals surface area contributed by atoms with Gasteiger partial charge in [0, 0.05) is 17.2 Å². The zero-order chi connectivity index (χ0) is 13.5. The van der Waals surface area contributed by atoms with Crippen LogP contribution in [0.2, 0.25) is 0 Å². The Balaban J connectivity index is 2.95. The molecule has 4 nitrogen and oxygen atoms in total. The van der Waals surface area contributed by atoms with Gasteiger partial charge in [-0.15, -0.1) is 0 Å². The summed E-state index contributed by atoms with van der Waals surface area (Å²) in [5.41, 5.74) is 5.50. The number of primary amides is 1. The Labute approximate surface area is 103 Å². The smallest absolute Gasteiger partial charge is 0.328 e. The number of halogens is 1. The topological polar surface area (TPSA) is 80.4 Å². The van der Waals surface area contributed by atoms with Crippen molar-refractivity contribution in [3.63, 3.8) is 0 Å². The summed E-state index contributed by atoms with van der Waals surface area (Å²) in [5, 5.41) is 8.45. The van der Waals surface area contributed by atoms with Crippen LogP contribution in [0.5, 0.6) is 0 Å². The zero-order valence-corrected chi connectivity index (χ0v) is 9.31. The molecule has 0 saturated heterocycles. The van der Waals surface area contributed by atoms with Crippen molar-refractivity contribution < 1.29 is 19.1 Å². The number of benzene rings is 1. The number of hydrogen-bond acceptors (Lipinski definition) is 2. The molecule has 0 heterocycles. The molecular formula is C13H10FNO3. The second-order valence-corrected chi connectivity index (χ2v) is 3.35. The van der Waals surface area contributed by atoms with Crippen molar-refractivity contribution in [3.8, 4) is 11.8 Å². The van der Waals surface area contributed by atoms with Crippen molar-refractivity contribution in [2.24, 2.45) is 5.73 Å². The molecule has 1 amide bonds. The Bertz CT molecular complexity index is 567. The Morgan fingerprint density at radius 1 is 1.44 bits per heavy atom. The van der Waals surface area contributed by atoms with E-state index in [0.717, 1.165) is 12.2 Å². The summed E-state index contributed by atoms with van der Waals surface area (Å²) >= 11 is 0. The van der Waals surface area contributed by atoms with Gasteiger partial charge in [0.1, 0.15) is 5.82 Å². The van der Waals surface area contributed by atoms with Crippen LogP contribution in [0.3, 0.4) is 0 Å². The van der Waals surface area contributed by atoms with Gasteiger partial charge in [-0.25, -0.2) is 9.18 Å². The summed E-state index contributed by atoms with van der Waals surface area (Å²) in [6.45, 7) is 0. The maximum Gasteiger partial charge on any atom is 0.328 e. The number of carbonyl (C=O) groups is 2. The molecule has 1 aromatic rings. The van der Waals surface area contributed by atoms with Crippen LogP contribution in [0.25, 0.3) is 6.08 Å². The van der Waals surface area contributed by atoms with Gasteiger partial charge in [0.05, 0.1) is 6.42 Å². The van der Waals surface area contributed by atoms with Gasteiger partial charge in [-0.3, -0.25) is 4.79 Å². The molecule has 1 rings (SSSR count). The number of carboxylic acids is 1. The van der Waals surface area contributed by atoms with E-state index in [0.29, 0.717) is 5.56 Å². The van der Waals surface area contributed by atoms with Gasteiger partial charge in [0.2, 0.25) is 5.91 Å². The lowest BCUT2D eigenvalue weighted by atomic mass is 10.1. The molecule has 0 aliphatic rings. The minimum atomic E-state index is -1.17. The Morgan fingerprint density at radius 2 is 2.17 bits per heavy atom. The lowest BCUT2D eigenvalue weighted by molar-refractivity contribution is -0.131. The minimum absolute atomic E-state index is 0.0856. The normalized spacial score (nSPS) is 9.83. The fourth-order valence-corrected chi connectivity index (χ4v) is 1.14. The standard InChI is InChI=1S/C13H10FNO3/c14-11-6-4-9(2-1-3-12(15)16)8-10(11)5-7-13(17)18/h4-8H,3H2,(H2,15,16)(H,17,18)/b7-5+. The van der Waals surface area contributed by atoms with Crippen molar-refractivity contribution >= 4 is 18.0 Å². The van der Waals surface area contributed by atoms with Crippen LogP contribution in [0.15, 0.2) is 24.3 Å². The average Bonchev–Trinajstić information content (AvgIpc) is 2.29. The molecule has 0 aromatic heterocycles. The van der Waals surface area contributed by atoms with Crippen LogP contribution < -0.4 is 5.73 Å². The number of hydrogen-bond donors (Lipinski definition) is 2. The third-order valence-corrected chi connectivity index (χ3v) is 1.90. The first-order valence-corrected chi connectivity index (χ1v) is 4.97. The van der Waals surface area contributed by atoms with Gasteiger partial charge >= 0.3 is 5.97 Å². The number of carbonyl (C=O) groups excluding carboxylic acids is 1. The van der Waals surface area contributed by atoms with Crippen LogP contribution in [0.1, 0.15) is 17.5 Å². The highest BCUT2D eigenvalue weighted by Gasteiger charge is 2.00. The first-order valence-electron chi connectivity index (χ1n) is 4.97. The molecule has 18 heavy (non-hydrogen) atoms. The number of aliphatic carboxylic acids is 1. The van der Waals surface area contributed by atoms with Crippen LogP contribution in [-0.4, -0.2) is 17.0 Å². The first-order chi connectivity index (χ1) is 8.49. The average molecular weight is 247 g/mol. The number of amides is 1. The maximum atomic E-state index is 13.3. The fourth-order valence-electron chi connectivity index (χ4n) is 1.14. The molecule has 0 spiro atoms. The molecule has 0 fully saturated rings. The molecular weight excluding hydrogens is 237 g/mol. The second-order valence-electron chi connectivity index (χ2n) is 3.35. The van der Waals surface area contributed by atoms with Gasteiger partial charge in [-0.05, 0) is 24.3 Å². The van der Waals surface area contributed by atoms with Crippen LogP contribution >= 0.6 is 0 Å². The lowest BCUT2D eigenvalue weighted by Gasteiger charge is -1.97. The summed E-state index contributed by atoms with van der Waals surface area (Å²) < 4.78 is 13.3. The molecule has 92 valence electrons. The quantitative estimate of drug-likeness (QED) is 0.621.